The van der Waals surface area contributed by atoms with Gasteiger partial charge in [-0.3, -0.25) is 0 Å². The van der Waals surface area contributed by atoms with Crippen molar-refractivity contribution in [3.63, 3.8) is 0 Å². The molecule has 0 unspecified atom stereocenters. The summed E-state index contributed by atoms with van der Waals surface area (Å²) in [6.07, 6.45) is 0. The van der Waals surface area contributed by atoms with E-state index in [1.165, 1.54) is 0 Å². The predicted molar refractivity (Wildman–Crippen MR) is 55.2 cm³/mol. The number of nitrogens with zero attached hydrogens (tertiary/aromatic N) is 2. The first-order valence-corrected chi connectivity index (χ1v) is 5.29. The molecule has 0 saturated carbocycles. The number of thiazole rings is 1. The molecule has 1 rings (SSSR count). The van der Waals surface area contributed by atoms with Crippen LogP contribution in [-0.2, 0) is 5.88 Å². The van der Waals surface area contributed by atoms with E-state index in [-0.39, 0.29) is 0 Å². The lowest BCUT2D eigenvalue weighted by Crippen LogP contribution is -2.25. The number of hydrogen-bond donors (Lipinski definition) is 0. The lowest BCUT2D eigenvalue weighted by atomic mass is 10.4. The third-order valence-corrected chi connectivity index (χ3v) is 3.01. The Labute approximate surface area is 82.2 Å². The van der Waals surface area contributed by atoms with E-state index in [2.05, 4.69) is 23.7 Å². The molecule has 0 spiro atoms. The van der Waals surface area contributed by atoms with Gasteiger partial charge in [-0.15, -0.1) is 22.9 Å². The van der Waals surface area contributed by atoms with E-state index in [0.29, 0.717) is 11.9 Å². The number of alkyl halides is 1. The highest BCUT2D eigenvalue weighted by Crippen LogP contribution is 2.21. The molecule has 0 aromatic carbocycles. The van der Waals surface area contributed by atoms with E-state index in [9.17, 15) is 0 Å². The van der Waals surface area contributed by atoms with Crippen molar-refractivity contribution < 1.29 is 0 Å². The average Bonchev–Trinajstić information content (AvgIpc) is 2.50. The van der Waals surface area contributed by atoms with Crippen molar-refractivity contribution in [1.29, 1.82) is 0 Å². The Morgan fingerprint density at radius 2 is 2.33 bits per heavy atom. The summed E-state index contributed by atoms with van der Waals surface area (Å²) >= 11 is 7.29. The normalized spacial score (nSPS) is 10.8. The third kappa shape index (κ3) is 2.11. The summed E-state index contributed by atoms with van der Waals surface area (Å²) in [5.74, 6) is 0.502. The highest BCUT2D eigenvalue weighted by atomic mass is 35.5. The smallest absolute Gasteiger partial charge is 0.185 e. The van der Waals surface area contributed by atoms with Gasteiger partial charge in [0.1, 0.15) is 0 Å². The molecule has 0 radical (unpaired) electrons. The fourth-order valence-electron chi connectivity index (χ4n) is 0.741. The van der Waals surface area contributed by atoms with Crippen molar-refractivity contribution in [3.05, 3.63) is 11.1 Å². The Balaban J connectivity index is 2.74. The zero-order valence-electron chi connectivity index (χ0n) is 7.54. The van der Waals surface area contributed by atoms with Gasteiger partial charge in [0.15, 0.2) is 5.13 Å². The van der Waals surface area contributed by atoms with Gasteiger partial charge in [-0.05, 0) is 13.8 Å². The van der Waals surface area contributed by atoms with Crippen LogP contribution in [0.25, 0.3) is 0 Å². The van der Waals surface area contributed by atoms with E-state index in [1.54, 1.807) is 11.3 Å². The zero-order valence-corrected chi connectivity index (χ0v) is 9.11. The number of anilines is 1. The fraction of sp³-hybridized carbons (Fsp3) is 0.625. The van der Waals surface area contributed by atoms with Crippen molar-refractivity contribution in [1.82, 2.24) is 4.98 Å². The van der Waals surface area contributed by atoms with E-state index >= 15 is 0 Å². The summed E-state index contributed by atoms with van der Waals surface area (Å²) in [7, 11) is 2.04. The van der Waals surface area contributed by atoms with Crippen LogP contribution in [-0.4, -0.2) is 18.1 Å². The van der Waals surface area contributed by atoms with Crippen molar-refractivity contribution in [2.75, 3.05) is 11.9 Å². The number of halogens is 1. The molecule has 0 saturated heterocycles. The molecule has 1 aromatic rings. The predicted octanol–water partition coefficient (Wildman–Crippen LogP) is 2.73. The van der Waals surface area contributed by atoms with Crippen LogP contribution in [0.15, 0.2) is 5.38 Å². The van der Waals surface area contributed by atoms with Crippen LogP contribution in [0, 0.1) is 0 Å². The minimum absolute atomic E-state index is 0.485. The first-order valence-electron chi connectivity index (χ1n) is 3.88. The molecule has 0 N–H and O–H groups in total. The molecule has 68 valence electrons. The molecule has 0 bridgehead atoms. The first-order chi connectivity index (χ1) is 5.65. The summed E-state index contributed by atoms with van der Waals surface area (Å²) in [5.41, 5.74) is 0.962. The molecule has 4 heteroatoms. The fourth-order valence-corrected chi connectivity index (χ4v) is 1.89. The van der Waals surface area contributed by atoms with Crippen LogP contribution in [0.1, 0.15) is 19.5 Å². The average molecular weight is 205 g/mol. The molecule has 0 aliphatic heterocycles. The third-order valence-electron chi connectivity index (χ3n) is 1.75. The molecule has 0 fully saturated rings. The summed E-state index contributed by atoms with van der Waals surface area (Å²) in [6.45, 7) is 4.28. The van der Waals surface area contributed by atoms with Gasteiger partial charge < -0.3 is 4.90 Å². The number of rotatable bonds is 3. The van der Waals surface area contributed by atoms with Gasteiger partial charge in [0, 0.05) is 18.5 Å². The van der Waals surface area contributed by atoms with Gasteiger partial charge in [0.2, 0.25) is 0 Å². The lowest BCUT2D eigenvalue weighted by molar-refractivity contribution is 0.750. The van der Waals surface area contributed by atoms with Crippen LogP contribution in [0.2, 0.25) is 0 Å². The molecular weight excluding hydrogens is 192 g/mol. The van der Waals surface area contributed by atoms with Crippen LogP contribution >= 0.6 is 22.9 Å². The lowest BCUT2D eigenvalue weighted by Gasteiger charge is -2.19. The molecular formula is C8H13ClN2S. The van der Waals surface area contributed by atoms with Gasteiger partial charge in [-0.2, -0.15) is 0 Å². The Morgan fingerprint density at radius 1 is 1.67 bits per heavy atom. The maximum Gasteiger partial charge on any atom is 0.185 e. The van der Waals surface area contributed by atoms with Gasteiger partial charge >= 0.3 is 0 Å². The van der Waals surface area contributed by atoms with E-state index in [4.69, 9.17) is 11.6 Å². The second-order valence-electron chi connectivity index (χ2n) is 2.96. The molecule has 12 heavy (non-hydrogen) atoms. The van der Waals surface area contributed by atoms with E-state index in [1.807, 2.05) is 12.4 Å². The Morgan fingerprint density at radius 3 is 2.75 bits per heavy atom. The maximum absolute atomic E-state index is 5.65. The topological polar surface area (TPSA) is 16.1 Å². The van der Waals surface area contributed by atoms with Crippen molar-refractivity contribution in [2.24, 2.45) is 0 Å². The summed E-state index contributed by atoms with van der Waals surface area (Å²) in [6, 6.07) is 0.485. The van der Waals surface area contributed by atoms with Crippen LogP contribution in [0.3, 0.4) is 0 Å². The van der Waals surface area contributed by atoms with E-state index < -0.39 is 0 Å². The van der Waals surface area contributed by atoms with Gasteiger partial charge in [0.25, 0.3) is 0 Å². The molecule has 0 aliphatic rings. The van der Waals surface area contributed by atoms with Crippen molar-refractivity contribution in [2.45, 2.75) is 25.8 Å². The standard InChI is InChI=1S/C8H13ClN2S/c1-6(2)11(3)8-10-7(4-9)5-12-8/h5-6H,4H2,1-3H3. The van der Waals surface area contributed by atoms with Crippen molar-refractivity contribution in [3.8, 4) is 0 Å². The van der Waals surface area contributed by atoms with Crippen LogP contribution in [0.4, 0.5) is 5.13 Å². The van der Waals surface area contributed by atoms with Gasteiger partial charge in [0.05, 0.1) is 11.6 Å². The quantitative estimate of drug-likeness (QED) is 0.704. The van der Waals surface area contributed by atoms with Crippen molar-refractivity contribution >= 4 is 28.1 Å². The summed E-state index contributed by atoms with van der Waals surface area (Å²) < 4.78 is 0. The largest absolute Gasteiger partial charge is 0.349 e. The Hall–Kier alpha value is -0.280. The zero-order chi connectivity index (χ0) is 9.14. The van der Waals surface area contributed by atoms with E-state index in [0.717, 1.165) is 10.8 Å². The summed E-state index contributed by atoms with van der Waals surface area (Å²) in [4.78, 5) is 6.50. The van der Waals surface area contributed by atoms with Gasteiger partial charge in [-0.25, -0.2) is 4.98 Å². The Kier molecular flexibility index (Phi) is 3.35. The SMILES string of the molecule is CC(C)N(C)c1nc(CCl)cs1. The first kappa shape index (κ1) is 9.81. The second kappa shape index (κ2) is 4.10. The minimum atomic E-state index is 0.485. The monoisotopic (exact) mass is 204 g/mol. The highest BCUT2D eigenvalue weighted by Gasteiger charge is 2.08. The van der Waals surface area contributed by atoms with Crippen LogP contribution in [0.5, 0.6) is 0 Å². The molecule has 1 aromatic heterocycles. The number of hydrogen-bond acceptors (Lipinski definition) is 3. The molecule has 1 heterocycles. The second-order valence-corrected chi connectivity index (χ2v) is 4.06. The molecule has 0 atom stereocenters. The highest BCUT2D eigenvalue weighted by molar-refractivity contribution is 7.13. The minimum Gasteiger partial charge on any atom is -0.349 e. The molecule has 0 amide bonds. The molecule has 0 aliphatic carbocycles. The Bertz CT molecular complexity index is 247. The van der Waals surface area contributed by atoms with Gasteiger partial charge in [-0.1, -0.05) is 0 Å². The van der Waals surface area contributed by atoms with Crippen LogP contribution < -0.4 is 4.90 Å². The summed E-state index contributed by atoms with van der Waals surface area (Å²) in [5, 5.41) is 3.04. The number of aromatic nitrogens is 1. The molecule has 2 nitrogen and oxygen atoms in total. The maximum atomic E-state index is 5.65.